The number of nitrogen functional groups attached to an aromatic ring is 1. The highest BCUT2D eigenvalue weighted by Crippen LogP contribution is 2.31. The first-order valence-electron chi connectivity index (χ1n) is 4.31. The Labute approximate surface area is 86.3 Å². The molecule has 0 fully saturated rings. The highest BCUT2D eigenvalue weighted by molar-refractivity contribution is 5.87. The van der Waals surface area contributed by atoms with E-state index in [-0.39, 0.29) is 11.4 Å². The molecule has 0 amide bonds. The summed E-state index contributed by atoms with van der Waals surface area (Å²) in [5.74, 6) is 0.130. The van der Waals surface area contributed by atoms with Crippen LogP contribution in [0.5, 0.6) is 5.75 Å². The van der Waals surface area contributed by atoms with Crippen molar-refractivity contribution in [2.45, 2.75) is 6.92 Å². The van der Waals surface area contributed by atoms with Gasteiger partial charge in [-0.25, -0.2) is 0 Å². The molecule has 0 aliphatic rings. The second-order valence-corrected chi connectivity index (χ2v) is 2.78. The monoisotopic (exact) mass is 209 g/mol. The minimum atomic E-state index is -0.558. The van der Waals surface area contributed by atoms with Crippen LogP contribution in [0.3, 0.4) is 0 Å². The Morgan fingerprint density at radius 1 is 1.67 bits per heavy atom. The number of nitrogens with two attached hydrogens (primary N) is 1. The Morgan fingerprint density at radius 2 is 2.33 bits per heavy atom. The van der Waals surface area contributed by atoms with Gasteiger partial charge in [0.05, 0.1) is 11.5 Å². The van der Waals surface area contributed by atoms with Crippen LogP contribution < -0.4 is 10.5 Å². The van der Waals surface area contributed by atoms with Crippen molar-refractivity contribution in [2.75, 3.05) is 12.3 Å². The molecule has 6 heteroatoms. The van der Waals surface area contributed by atoms with Gasteiger partial charge in [-0.3, -0.25) is 10.1 Å². The van der Waals surface area contributed by atoms with E-state index in [1.807, 2.05) is 0 Å². The van der Waals surface area contributed by atoms with Gasteiger partial charge in [0.2, 0.25) is 0 Å². The van der Waals surface area contributed by atoms with Gasteiger partial charge in [-0.15, -0.1) is 0 Å². The van der Waals surface area contributed by atoms with E-state index < -0.39 is 4.92 Å². The maximum Gasteiger partial charge on any atom is 0.311 e. The van der Waals surface area contributed by atoms with E-state index in [4.69, 9.17) is 15.9 Å². The molecule has 0 radical (unpaired) electrons. The van der Waals surface area contributed by atoms with E-state index in [0.717, 1.165) is 6.21 Å². The Bertz CT molecular complexity index is 404. The standard InChI is InChI=1S/C9H11N3O3/c1-2-15-9-4-7(11)6(5-10)3-8(9)12(13)14/h3-5,10H,2,11H2,1H3. The van der Waals surface area contributed by atoms with Gasteiger partial charge >= 0.3 is 5.69 Å². The minimum Gasteiger partial charge on any atom is -0.487 e. The van der Waals surface area contributed by atoms with Gasteiger partial charge in [0.1, 0.15) is 0 Å². The fraction of sp³-hybridized carbons (Fsp3) is 0.222. The number of rotatable bonds is 4. The van der Waals surface area contributed by atoms with Gasteiger partial charge < -0.3 is 15.9 Å². The highest BCUT2D eigenvalue weighted by atomic mass is 16.6. The SMILES string of the molecule is CCOc1cc(N)c(C=N)cc1[N+](=O)[O-]. The number of nitrogens with one attached hydrogen (secondary N) is 1. The lowest BCUT2D eigenvalue weighted by Gasteiger charge is -2.06. The Hall–Kier alpha value is -2.11. The lowest BCUT2D eigenvalue weighted by molar-refractivity contribution is -0.385. The van der Waals surface area contributed by atoms with Crippen molar-refractivity contribution in [2.24, 2.45) is 0 Å². The molecule has 1 aromatic rings. The number of benzene rings is 1. The third kappa shape index (κ3) is 2.22. The molecule has 0 saturated carbocycles. The van der Waals surface area contributed by atoms with Crippen molar-refractivity contribution in [1.82, 2.24) is 0 Å². The number of hydrogen-bond donors (Lipinski definition) is 2. The first-order chi connectivity index (χ1) is 7.10. The molecule has 6 nitrogen and oxygen atoms in total. The summed E-state index contributed by atoms with van der Waals surface area (Å²) in [5, 5.41) is 17.7. The zero-order valence-electron chi connectivity index (χ0n) is 8.19. The predicted octanol–water partition coefficient (Wildman–Crippen LogP) is 1.57. The molecule has 0 aliphatic carbocycles. The number of nitro benzene ring substituents is 1. The summed E-state index contributed by atoms with van der Waals surface area (Å²) in [7, 11) is 0. The molecule has 3 N–H and O–H groups in total. The van der Waals surface area contributed by atoms with Gasteiger partial charge in [-0.05, 0) is 6.92 Å². The van der Waals surface area contributed by atoms with Gasteiger partial charge in [0.25, 0.3) is 0 Å². The summed E-state index contributed by atoms with van der Waals surface area (Å²) in [6, 6.07) is 2.59. The topological polar surface area (TPSA) is 102 Å². The van der Waals surface area contributed by atoms with Crippen LogP contribution in [0.1, 0.15) is 12.5 Å². The van der Waals surface area contributed by atoms with Gasteiger partial charge in [0.15, 0.2) is 5.75 Å². The Morgan fingerprint density at radius 3 is 2.80 bits per heavy atom. The zero-order chi connectivity index (χ0) is 11.4. The predicted molar refractivity (Wildman–Crippen MR) is 56.6 cm³/mol. The van der Waals surface area contributed by atoms with E-state index in [2.05, 4.69) is 0 Å². The second-order valence-electron chi connectivity index (χ2n) is 2.78. The van der Waals surface area contributed by atoms with Gasteiger partial charge in [0, 0.05) is 29.6 Å². The van der Waals surface area contributed by atoms with E-state index in [9.17, 15) is 10.1 Å². The summed E-state index contributed by atoms with van der Waals surface area (Å²) < 4.78 is 5.08. The molecule has 1 rings (SSSR count). The average molecular weight is 209 g/mol. The van der Waals surface area contributed by atoms with Crippen molar-refractivity contribution >= 4 is 17.6 Å². The van der Waals surface area contributed by atoms with Gasteiger partial charge in [-0.2, -0.15) is 0 Å². The van der Waals surface area contributed by atoms with E-state index in [1.54, 1.807) is 6.92 Å². The normalized spacial score (nSPS) is 9.67. The fourth-order valence-corrected chi connectivity index (χ4v) is 1.14. The number of nitro groups is 1. The van der Waals surface area contributed by atoms with Crippen molar-refractivity contribution in [3.63, 3.8) is 0 Å². The smallest absolute Gasteiger partial charge is 0.311 e. The lowest BCUT2D eigenvalue weighted by Crippen LogP contribution is -2.01. The molecular formula is C9H11N3O3. The summed E-state index contributed by atoms with van der Waals surface area (Å²) in [6.45, 7) is 2.05. The van der Waals surface area contributed by atoms with Crippen molar-refractivity contribution in [1.29, 1.82) is 5.41 Å². The second kappa shape index (κ2) is 4.41. The van der Waals surface area contributed by atoms with Crippen LogP contribution in [-0.4, -0.2) is 17.7 Å². The van der Waals surface area contributed by atoms with Crippen LogP contribution in [-0.2, 0) is 0 Å². The molecule has 1 aromatic carbocycles. The molecule has 0 atom stereocenters. The Kier molecular flexibility index (Phi) is 3.22. The molecule has 0 unspecified atom stereocenters. The maximum atomic E-state index is 10.7. The largest absolute Gasteiger partial charge is 0.487 e. The first kappa shape index (κ1) is 11.0. The van der Waals surface area contributed by atoms with Crippen LogP contribution >= 0.6 is 0 Å². The molecule has 0 bridgehead atoms. The molecule has 0 spiro atoms. The summed E-state index contributed by atoms with van der Waals surface area (Å²) >= 11 is 0. The number of hydrogen-bond acceptors (Lipinski definition) is 5. The van der Waals surface area contributed by atoms with Crippen LogP contribution in [0, 0.1) is 15.5 Å². The molecule has 80 valence electrons. The quantitative estimate of drug-likeness (QED) is 0.340. The third-order valence-electron chi connectivity index (χ3n) is 1.82. The summed E-state index contributed by atoms with van der Waals surface area (Å²) in [6.07, 6.45) is 0.970. The van der Waals surface area contributed by atoms with Crippen LogP contribution in [0.25, 0.3) is 0 Å². The molecule has 0 aromatic heterocycles. The molecule has 0 aliphatic heterocycles. The summed E-state index contributed by atoms with van der Waals surface area (Å²) in [5.41, 5.74) is 6.00. The number of nitrogens with zero attached hydrogens (tertiary/aromatic N) is 1. The fourth-order valence-electron chi connectivity index (χ4n) is 1.14. The number of anilines is 1. The average Bonchev–Trinajstić information content (AvgIpc) is 2.18. The van der Waals surface area contributed by atoms with E-state index in [1.165, 1.54) is 12.1 Å². The lowest BCUT2D eigenvalue weighted by atomic mass is 10.1. The molecule has 0 heterocycles. The van der Waals surface area contributed by atoms with Crippen molar-refractivity contribution < 1.29 is 9.66 Å². The third-order valence-corrected chi connectivity index (χ3v) is 1.82. The van der Waals surface area contributed by atoms with Crippen LogP contribution in [0.2, 0.25) is 0 Å². The number of ether oxygens (including phenoxy) is 1. The minimum absolute atomic E-state index is 0.130. The van der Waals surface area contributed by atoms with Crippen molar-refractivity contribution in [3.05, 3.63) is 27.8 Å². The van der Waals surface area contributed by atoms with E-state index in [0.29, 0.717) is 17.9 Å². The van der Waals surface area contributed by atoms with Crippen LogP contribution in [0.4, 0.5) is 11.4 Å². The maximum absolute atomic E-state index is 10.7. The molecular weight excluding hydrogens is 198 g/mol. The molecule has 0 saturated heterocycles. The van der Waals surface area contributed by atoms with Crippen molar-refractivity contribution in [3.8, 4) is 5.75 Å². The van der Waals surface area contributed by atoms with Crippen LogP contribution in [0.15, 0.2) is 12.1 Å². The van der Waals surface area contributed by atoms with Gasteiger partial charge in [-0.1, -0.05) is 0 Å². The summed E-state index contributed by atoms with van der Waals surface area (Å²) in [4.78, 5) is 10.1. The van der Waals surface area contributed by atoms with E-state index >= 15 is 0 Å². The highest BCUT2D eigenvalue weighted by Gasteiger charge is 2.17. The zero-order valence-corrected chi connectivity index (χ0v) is 8.19. The first-order valence-corrected chi connectivity index (χ1v) is 4.31. The molecule has 15 heavy (non-hydrogen) atoms. The Balaban J connectivity index is 3.31.